The molecule has 0 saturated carbocycles. The Morgan fingerprint density at radius 2 is 2.06 bits per heavy atom. The Hall–Kier alpha value is -1.55. The molecule has 0 fully saturated rings. The maximum Gasteiger partial charge on any atom is 0.262 e. The molecule has 1 aromatic rings. The highest BCUT2D eigenvalue weighted by Crippen LogP contribution is 2.16. The first-order valence-corrected chi connectivity index (χ1v) is 6.12. The topological polar surface area (TPSA) is 55.6 Å². The predicted octanol–water partition coefficient (Wildman–Crippen LogP) is 1.43. The minimum Gasteiger partial charge on any atom is -0.481 e. The Kier molecular flexibility index (Phi) is 5.16. The summed E-state index contributed by atoms with van der Waals surface area (Å²) in [5.74, 6) is 0.656. The van der Waals surface area contributed by atoms with E-state index >= 15 is 0 Å². The van der Waals surface area contributed by atoms with Crippen molar-refractivity contribution in [3.8, 4) is 5.75 Å². The van der Waals surface area contributed by atoms with Gasteiger partial charge in [-0.1, -0.05) is 12.1 Å². The maximum absolute atomic E-state index is 11.7. The molecule has 1 aromatic carbocycles. The number of hydrogen-bond acceptors (Lipinski definition) is 3. The molecule has 4 nitrogen and oxygen atoms in total. The molecule has 0 aliphatic carbocycles. The van der Waals surface area contributed by atoms with E-state index in [1.807, 2.05) is 31.2 Å². The van der Waals surface area contributed by atoms with Crippen molar-refractivity contribution in [2.45, 2.75) is 32.4 Å². The molecule has 0 radical (unpaired) electrons. The smallest absolute Gasteiger partial charge is 0.262 e. The zero-order valence-corrected chi connectivity index (χ0v) is 11.5. The van der Waals surface area contributed by atoms with Crippen LogP contribution in [0.25, 0.3) is 0 Å². The van der Waals surface area contributed by atoms with Crippen LogP contribution in [0, 0.1) is 0 Å². The molecule has 18 heavy (non-hydrogen) atoms. The van der Waals surface area contributed by atoms with E-state index < -0.39 is 6.10 Å². The molecule has 2 atom stereocenters. The van der Waals surface area contributed by atoms with Crippen molar-refractivity contribution >= 4 is 5.91 Å². The van der Waals surface area contributed by atoms with E-state index in [0.717, 1.165) is 12.0 Å². The minimum absolute atomic E-state index is 0.0485. The average molecular weight is 250 g/mol. The number of hydrogen-bond donors (Lipinski definition) is 1. The lowest BCUT2D eigenvalue weighted by molar-refractivity contribution is -0.135. The fourth-order valence-electron chi connectivity index (χ4n) is 1.74. The number of carbonyl (C=O) groups excluding carboxylic acids is 1. The van der Waals surface area contributed by atoms with Crippen molar-refractivity contribution in [3.63, 3.8) is 0 Å². The fourth-order valence-corrected chi connectivity index (χ4v) is 1.74. The monoisotopic (exact) mass is 250 g/mol. The third-order valence-electron chi connectivity index (χ3n) is 2.56. The first-order chi connectivity index (χ1) is 8.40. The van der Waals surface area contributed by atoms with Crippen LogP contribution in [0.1, 0.15) is 19.4 Å². The largest absolute Gasteiger partial charge is 0.481 e. The normalized spacial score (nSPS) is 13.8. The lowest BCUT2D eigenvalue weighted by atomic mass is 10.1. The molecule has 2 N–H and O–H groups in total. The number of carbonyl (C=O) groups is 1. The summed E-state index contributed by atoms with van der Waals surface area (Å²) in [6, 6.07) is 7.82. The SMILES string of the molecule is CC(N)Cc1cccc(OC(C)C(=O)N(C)C)c1. The standard InChI is InChI=1S/C14H22N2O2/c1-10(15)8-12-6-5-7-13(9-12)18-11(2)14(17)16(3)4/h5-7,9-11H,8,15H2,1-4H3. The van der Waals surface area contributed by atoms with Crippen LogP contribution in [0.2, 0.25) is 0 Å². The number of benzene rings is 1. The van der Waals surface area contributed by atoms with Gasteiger partial charge in [-0.05, 0) is 38.0 Å². The average Bonchev–Trinajstić information content (AvgIpc) is 2.27. The third-order valence-corrected chi connectivity index (χ3v) is 2.56. The predicted molar refractivity (Wildman–Crippen MR) is 72.6 cm³/mol. The van der Waals surface area contributed by atoms with Crippen molar-refractivity contribution in [2.24, 2.45) is 5.73 Å². The summed E-state index contributed by atoms with van der Waals surface area (Å²) < 4.78 is 5.63. The van der Waals surface area contributed by atoms with Gasteiger partial charge in [0.05, 0.1) is 0 Å². The molecule has 2 unspecified atom stereocenters. The Morgan fingerprint density at radius 3 is 2.61 bits per heavy atom. The number of ether oxygens (including phenoxy) is 1. The van der Waals surface area contributed by atoms with Crippen LogP contribution in [0.3, 0.4) is 0 Å². The van der Waals surface area contributed by atoms with Crippen LogP contribution < -0.4 is 10.5 Å². The quantitative estimate of drug-likeness (QED) is 0.860. The Labute approximate surface area is 109 Å². The van der Waals surface area contributed by atoms with Gasteiger partial charge in [0.1, 0.15) is 5.75 Å². The molecule has 0 heterocycles. The van der Waals surface area contributed by atoms with Crippen molar-refractivity contribution in [3.05, 3.63) is 29.8 Å². The van der Waals surface area contributed by atoms with E-state index in [-0.39, 0.29) is 11.9 Å². The van der Waals surface area contributed by atoms with Crippen molar-refractivity contribution < 1.29 is 9.53 Å². The van der Waals surface area contributed by atoms with Crippen LogP contribution >= 0.6 is 0 Å². The second-order valence-electron chi connectivity index (χ2n) is 4.82. The summed E-state index contributed by atoms with van der Waals surface area (Å²) in [5.41, 5.74) is 6.88. The molecule has 100 valence electrons. The summed E-state index contributed by atoms with van der Waals surface area (Å²) in [6.45, 7) is 3.71. The third kappa shape index (κ3) is 4.37. The first kappa shape index (κ1) is 14.5. The lowest BCUT2D eigenvalue weighted by Gasteiger charge is -2.18. The van der Waals surface area contributed by atoms with E-state index in [2.05, 4.69) is 0 Å². The van der Waals surface area contributed by atoms with Gasteiger partial charge in [-0.15, -0.1) is 0 Å². The number of nitrogens with zero attached hydrogens (tertiary/aromatic N) is 1. The van der Waals surface area contributed by atoms with E-state index in [9.17, 15) is 4.79 Å². The molecule has 1 amide bonds. The summed E-state index contributed by atoms with van der Waals surface area (Å²) in [4.78, 5) is 13.2. The van der Waals surface area contributed by atoms with Crippen LogP contribution in [0.4, 0.5) is 0 Å². The van der Waals surface area contributed by atoms with E-state index in [1.54, 1.807) is 21.0 Å². The van der Waals surface area contributed by atoms with E-state index in [0.29, 0.717) is 5.75 Å². The zero-order valence-electron chi connectivity index (χ0n) is 11.5. The number of rotatable bonds is 5. The minimum atomic E-state index is -0.481. The second-order valence-corrected chi connectivity index (χ2v) is 4.82. The molecular formula is C14H22N2O2. The van der Waals surface area contributed by atoms with Gasteiger partial charge in [0.2, 0.25) is 0 Å². The van der Waals surface area contributed by atoms with Gasteiger partial charge in [-0.3, -0.25) is 4.79 Å². The van der Waals surface area contributed by atoms with Crippen molar-refractivity contribution in [1.82, 2.24) is 4.90 Å². The highest BCUT2D eigenvalue weighted by atomic mass is 16.5. The summed E-state index contributed by atoms with van der Waals surface area (Å²) >= 11 is 0. The highest BCUT2D eigenvalue weighted by Gasteiger charge is 2.16. The lowest BCUT2D eigenvalue weighted by Crippen LogP contribution is -2.35. The summed E-state index contributed by atoms with van der Waals surface area (Å²) in [6.07, 6.45) is 0.318. The van der Waals surface area contributed by atoms with Gasteiger partial charge in [0.15, 0.2) is 6.10 Å². The van der Waals surface area contributed by atoms with Gasteiger partial charge in [0.25, 0.3) is 5.91 Å². The zero-order chi connectivity index (χ0) is 13.7. The molecule has 1 rings (SSSR count). The number of amides is 1. The molecule has 0 aliphatic rings. The van der Waals surface area contributed by atoms with E-state index in [4.69, 9.17) is 10.5 Å². The van der Waals surface area contributed by atoms with Gasteiger partial charge >= 0.3 is 0 Å². The van der Waals surface area contributed by atoms with Gasteiger partial charge in [-0.2, -0.15) is 0 Å². The second kappa shape index (κ2) is 6.40. The van der Waals surface area contributed by atoms with Crippen LogP contribution in [-0.4, -0.2) is 37.0 Å². The van der Waals surface area contributed by atoms with Gasteiger partial charge in [-0.25, -0.2) is 0 Å². The van der Waals surface area contributed by atoms with Gasteiger partial charge < -0.3 is 15.4 Å². The molecular weight excluding hydrogens is 228 g/mol. The molecule has 4 heteroatoms. The molecule has 0 spiro atoms. The molecule has 0 saturated heterocycles. The molecule has 0 bridgehead atoms. The summed E-state index contributed by atoms with van der Waals surface area (Å²) in [5, 5.41) is 0. The molecule has 0 aromatic heterocycles. The van der Waals surface area contributed by atoms with Crippen molar-refractivity contribution in [2.75, 3.05) is 14.1 Å². The van der Waals surface area contributed by atoms with Crippen LogP contribution in [-0.2, 0) is 11.2 Å². The Morgan fingerprint density at radius 1 is 1.39 bits per heavy atom. The highest BCUT2D eigenvalue weighted by molar-refractivity contribution is 5.80. The Bertz CT molecular complexity index is 403. The van der Waals surface area contributed by atoms with E-state index in [1.165, 1.54) is 4.90 Å². The summed E-state index contributed by atoms with van der Waals surface area (Å²) in [7, 11) is 3.43. The van der Waals surface area contributed by atoms with Crippen molar-refractivity contribution in [1.29, 1.82) is 0 Å². The molecule has 0 aliphatic heterocycles. The van der Waals surface area contributed by atoms with Crippen LogP contribution in [0.15, 0.2) is 24.3 Å². The van der Waals surface area contributed by atoms with Gasteiger partial charge in [0, 0.05) is 20.1 Å². The first-order valence-electron chi connectivity index (χ1n) is 6.12. The fraction of sp³-hybridized carbons (Fsp3) is 0.500. The van der Waals surface area contributed by atoms with Crippen LogP contribution in [0.5, 0.6) is 5.75 Å². The number of nitrogens with two attached hydrogens (primary N) is 1. The Balaban J connectivity index is 2.70. The maximum atomic E-state index is 11.7. The number of likely N-dealkylation sites (N-methyl/N-ethyl adjacent to an activating group) is 1.